The molecule has 0 radical (unpaired) electrons. The minimum Gasteiger partial charge on any atom is -0.398 e. The number of ketones is 1. The molecular formula is C26H30ClN7O2. The van der Waals surface area contributed by atoms with Crippen molar-refractivity contribution in [2.45, 2.75) is 18.8 Å². The van der Waals surface area contributed by atoms with Crippen molar-refractivity contribution in [3.8, 4) is 0 Å². The summed E-state index contributed by atoms with van der Waals surface area (Å²) in [5.41, 5.74) is 9.69. The van der Waals surface area contributed by atoms with E-state index in [1.54, 1.807) is 24.3 Å². The summed E-state index contributed by atoms with van der Waals surface area (Å²) in [7, 11) is 5.20. The minimum absolute atomic E-state index is 0.220. The molecule has 1 aromatic heterocycles. The van der Waals surface area contributed by atoms with Gasteiger partial charge in [0.2, 0.25) is 5.95 Å². The zero-order valence-corrected chi connectivity index (χ0v) is 21.3. The number of aromatic nitrogens is 2. The Bertz CT molecular complexity index is 1270. The lowest BCUT2D eigenvalue weighted by Crippen LogP contribution is -2.30. The number of nitrogen functional groups attached to an aromatic ring is 1. The first kappa shape index (κ1) is 25.4. The zero-order chi connectivity index (χ0) is 25.8. The molecule has 4 rings (SSSR count). The number of likely N-dealkylation sites (N-methyl/N-ethyl adjacent to an activating group) is 1. The summed E-state index contributed by atoms with van der Waals surface area (Å²) in [5, 5.41) is 6.50. The second-order valence-electron chi connectivity index (χ2n) is 9.14. The van der Waals surface area contributed by atoms with E-state index >= 15 is 0 Å². The Hall–Kier alpha value is -3.69. The maximum Gasteiger partial charge on any atom is 0.294 e. The van der Waals surface area contributed by atoms with Gasteiger partial charge in [-0.05, 0) is 68.7 Å². The van der Waals surface area contributed by atoms with Crippen molar-refractivity contribution >= 4 is 52.1 Å². The maximum absolute atomic E-state index is 12.7. The number of hydrogen-bond acceptors (Lipinski definition) is 8. The van der Waals surface area contributed by atoms with Gasteiger partial charge in [-0.25, -0.2) is 4.98 Å². The molecule has 2 heterocycles. The van der Waals surface area contributed by atoms with Gasteiger partial charge in [0.05, 0.1) is 17.4 Å². The highest BCUT2D eigenvalue weighted by molar-refractivity contribution is 6.43. The number of amides is 1. The quantitative estimate of drug-likeness (QED) is 0.246. The van der Waals surface area contributed by atoms with Crippen LogP contribution in [0.3, 0.4) is 0 Å². The highest BCUT2D eigenvalue weighted by Gasteiger charge is 2.22. The van der Waals surface area contributed by atoms with Gasteiger partial charge < -0.3 is 26.2 Å². The van der Waals surface area contributed by atoms with Crippen LogP contribution < -0.4 is 16.4 Å². The Kier molecular flexibility index (Phi) is 7.71. The third-order valence-corrected chi connectivity index (χ3v) is 6.55. The van der Waals surface area contributed by atoms with E-state index in [0.29, 0.717) is 23.4 Å². The van der Waals surface area contributed by atoms with E-state index in [4.69, 9.17) is 17.3 Å². The van der Waals surface area contributed by atoms with Crippen molar-refractivity contribution in [3.63, 3.8) is 0 Å². The fraction of sp³-hybridized carbons (Fsp3) is 0.308. The average Bonchev–Trinajstić information content (AvgIpc) is 2.86. The van der Waals surface area contributed by atoms with Crippen LogP contribution in [0.15, 0.2) is 48.7 Å². The lowest BCUT2D eigenvalue weighted by Gasteiger charge is -2.30. The SMILES string of the molecule is CN1CCC(c2ccc(Nc3ncc(Cl)c(Nc4ccccc4C(=O)C(=O)N(C)C)n3)cc2N)CC1. The summed E-state index contributed by atoms with van der Waals surface area (Å²) in [4.78, 5) is 37.2. The highest BCUT2D eigenvalue weighted by Crippen LogP contribution is 2.33. The van der Waals surface area contributed by atoms with Crippen molar-refractivity contribution < 1.29 is 9.59 Å². The number of carbonyl (C=O) groups is 2. The van der Waals surface area contributed by atoms with Crippen molar-refractivity contribution in [2.75, 3.05) is 50.6 Å². The maximum atomic E-state index is 12.7. The van der Waals surface area contributed by atoms with Gasteiger partial charge in [-0.1, -0.05) is 29.8 Å². The van der Waals surface area contributed by atoms with Gasteiger partial charge >= 0.3 is 0 Å². The van der Waals surface area contributed by atoms with Crippen LogP contribution in [-0.2, 0) is 4.79 Å². The summed E-state index contributed by atoms with van der Waals surface area (Å²) in [6.45, 7) is 2.13. The molecule has 1 amide bonds. The molecule has 36 heavy (non-hydrogen) atoms. The molecular weight excluding hydrogens is 478 g/mol. The van der Waals surface area contributed by atoms with E-state index in [-0.39, 0.29) is 10.6 Å². The average molecular weight is 508 g/mol. The Morgan fingerprint density at radius 3 is 2.53 bits per heavy atom. The minimum atomic E-state index is -0.633. The number of nitrogens with one attached hydrogen (secondary N) is 2. The molecule has 1 aliphatic heterocycles. The monoisotopic (exact) mass is 507 g/mol. The molecule has 1 fully saturated rings. The van der Waals surface area contributed by atoms with Crippen molar-refractivity contribution in [3.05, 3.63) is 64.8 Å². The number of carbonyl (C=O) groups excluding carboxylic acids is 2. The van der Waals surface area contributed by atoms with Crippen LogP contribution in [-0.4, -0.2) is 65.7 Å². The van der Waals surface area contributed by atoms with Gasteiger partial charge in [-0.15, -0.1) is 0 Å². The first-order valence-corrected chi connectivity index (χ1v) is 12.1. The summed E-state index contributed by atoms with van der Waals surface area (Å²) in [5.74, 6) is -0.197. The van der Waals surface area contributed by atoms with E-state index in [1.807, 2.05) is 12.1 Å². The molecule has 0 aliphatic carbocycles. The number of rotatable bonds is 7. The molecule has 10 heteroatoms. The van der Waals surface area contributed by atoms with Gasteiger partial charge in [-0.2, -0.15) is 4.98 Å². The summed E-state index contributed by atoms with van der Waals surface area (Å²) >= 11 is 6.34. The third kappa shape index (κ3) is 5.75. The molecule has 0 spiro atoms. The molecule has 4 N–H and O–H groups in total. The van der Waals surface area contributed by atoms with E-state index in [0.717, 1.165) is 37.3 Å². The van der Waals surface area contributed by atoms with Gasteiger partial charge in [0.1, 0.15) is 5.02 Å². The predicted octanol–water partition coefficient (Wildman–Crippen LogP) is 4.28. The van der Waals surface area contributed by atoms with Gasteiger partial charge in [0.15, 0.2) is 5.82 Å². The zero-order valence-electron chi connectivity index (χ0n) is 20.6. The first-order valence-electron chi connectivity index (χ1n) is 11.7. The smallest absolute Gasteiger partial charge is 0.294 e. The normalized spacial score (nSPS) is 14.3. The van der Waals surface area contributed by atoms with Gasteiger partial charge in [-0.3, -0.25) is 9.59 Å². The topological polar surface area (TPSA) is 116 Å². The number of benzene rings is 2. The fourth-order valence-corrected chi connectivity index (χ4v) is 4.36. The largest absolute Gasteiger partial charge is 0.398 e. The predicted molar refractivity (Wildman–Crippen MR) is 143 cm³/mol. The van der Waals surface area contributed by atoms with E-state index in [1.165, 1.54) is 30.8 Å². The molecule has 0 saturated carbocycles. The van der Waals surface area contributed by atoms with Crippen molar-refractivity contribution in [1.29, 1.82) is 0 Å². The van der Waals surface area contributed by atoms with Crippen LogP contribution in [0.1, 0.15) is 34.7 Å². The summed E-state index contributed by atoms with van der Waals surface area (Å²) in [6.07, 6.45) is 3.64. The number of Topliss-reactive ketones (excluding diaryl/α,β-unsaturated/α-hetero) is 1. The van der Waals surface area contributed by atoms with Gasteiger partial charge in [0.25, 0.3) is 11.7 Å². The number of anilines is 5. The molecule has 1 aliphatic rings. The molecule has 188 valence electrons. The molecule has 9 nitrogen and oxygen atoms in total. The fourth-order valence-electron chi connectivity index (χ4n) is 4.22. The summed E-state index contributed by atoms with van der Waals surface area (Å²) in [6, 6.07) is 12.6. The Balaban J connectivity index is 1.53. The van der Waals surface area contributed by atoms with Crippen LogP contribution >= 0.6 is 11.6 Å². The lowest BCUT2D eigenvalue weighted by molar-refractivity contribution is -0.124. The molecule has 1 saturated heterocycles. The number of nitrogens with two attached hydrogens (primary N) is 1. The molecule has 2 aromatic carbocycles. The van der Waals surface area contributed by atoms with Crippen LogP contribution in [0, 0.1) is 0 Å². The van der Waals surface area contributed by atoms with E-state index < -0.39 is 11.7 Å². The molecule has 0 atom stereocenters. The van der Waals surface area contributed by atoms with Crippen LogP contribution in [0.25, 0.3) is 0 Å². The number of hydrogen-bond donors (Lipinski definition) is 3. The van der Waals surface area contributed by atoms with E-state index in [2.05, 4.69) is 38.6 Å². The van der Waals surface area contributed by atoms with Crippen LogP contribution in [0.2, 0.25) is 5.02 Å². The second kappa shape index (κ2) is 10.9. The molecule has 3 aromatic rings. The summed E-state index contributed by atoms with van der Waals surface area (Å²) < 4.78 is 0. The van der Waals surface area contributed by atoms with Gasteiger partial charge in [0, 0.05) is 25.5 Å². The molecule has 0 unspecified atom stereocenters. The first-order chi connectivity index (χ1) is 17.2. The lowest BCUT2D eigenvalue weighted by atomic mass is 9.88. The van der Waals surface area contributed by atoms with Crippen molar-refractivity contribution in [1.82, 2.24) is 19.8 Å². The Morgan fingerprint density at radius 2 is 1.83 bits per heavy atom. The number of likely N-dealkylation sites (tertiary alicyclic amines) is 1. The Morgan fingerprint density at radius 1 is 1.11 bits per heavy atom. The standard InChI is InChI=1S/C26H30ClN7O2/c1-33(2)25(36)23(35)19-6-4-5-7-22(19)31-24-20(27)15-29-26(32-24)30-17-8-9-18(21(28)14-17)16-10-12-34(3)13-11-16/h4-9,14-16H,10-13,28H2,1-3H3,(H2,29,30,31,32). The highest BCUT2D eigenvalue weighted by atomic mass is 35.5. The number of piperidine rings is 1. The van der Waals surface area contributed by atoms with Crippen LogP contribution in [0.5, 0.6) is 0 Å². The third-order valence-electron chi connectivity index (χ3n) is 6.27. The van der Waals surface area contributed by atoms with E-state index in [9.17, 15) is 9.59 Å². The Labute approximate surface area is 215 Å². The number of para-hydroxylation sites is 1. The molecule has 0 bridgehead atoms. The van der Waals surface area contributed by atoms with Crippen LogP contribution in [0.4, 0.5) is 28.8 Å². The second-order valence-corrected chi connectivity index (χ2v) is 9.54. The van der Waals surface area contributed by atoms with Crippen molar-refractivity contribution in [2.24, 2.45) is 0 Å². The number of nitrogens with zero attached hydrogens (tertiary/aromatic N) is 4. The number of halogens is 1.